The maximum atomic E-state index is 13.3. The lowest BCUT2D eigenvalue weighted by Crippen LogP contribution is -2.52. The topological polar surface area (TPSA) is 52.9 Å². The van der Waals surface area contributed by atoms with Crippen LogP contribution in [0.2, 0.25) is 0 Å². The molecule has 0 spiro atoms. The van der Waals surface area contributed by atoms with Gasteiger partial charge < -0.3 is 10.1 Å². The normalized spacial score (nSPS) is 43.7. The minimum Gasteiger partial charge on any atom is -0.411 e. The van der Waals surface area contributed by atoms with Crippen molar-refractivity contribution in [3.8, 4) is 0 Å². The van der Waals surface area contributed by atoms with Gasteiger partial charge in [0.15, 0.2) is 0 Å². The number of rotatable bonds is 3. The summed E-state index contributed by atoms with van der Waals surface area (Å²) < 4.78 is 0. The number of carbonyl (C=O) groups is 1. The fourth-order valence-electron chi connectivity index (χ4n) is 7.81. The monoisotopic (exact) mass is 386 g/mol. The largest absolute Gasteiger partial charge is 0.411 e. The first-order valence-electron chi connectivity index (χ1n) is 11.6. The third-order valence-corrected chi connectivity index (χ3v) is 9.48. The van der Waals surface area contributed by atoms with E-state index in [1.807, 2.05) is 0 Å². The molecular formula is C24H38N2O2. The maximum absolute atomic E-state index is 13.3. The Bertz CT molecular complexity index is 695. The van der Waals surface area contributed by atoms with Crippen molar-refractivity contribution in [2.75, 3.05) is 13.1 Å². The molecular weight excluding hydrogens is 348 g/mol. The number of carbonyl (C=O) groups excluding carboxylic acids is 1. The van der Waals surface area contributed by atoms with Crippen LogP contribution in [0.1, 0.15) is 79.1 Å². The van der Waals surface area contributed by atoms with Gasteiger partial charge in [0.25, 0.3) is 0 Å². The number of hydrogen-bond donors (Lipinski definition) is 1. The molecule has 0 aromatic rings. The van der Waals surface area contributed by atoms with E-state index >= 15 is 0 Å². The Morgan fingerprint density at radius 2 is 1.86 bits per heavy atom. The Balaban J connectivity index is 1.60. The van der Waals surface area contributed by atoms with Gasteiger partial charge in [-0.1, -0.05) is 24.6 Å². The molecule has 3 saturated carbocycles. The number of oxime groups is 1. The average molecular weight is 387 g/mol. The summed E-state index contributed by atoms with van der Waals surface area (Å²) in [5.41, 5.74) is 2.83. The van der Waals surface area contributed by atoms with E-state index in [-0.39, 0.29) is 16.7 Å². The van der Waals surface area contributed by atoms with Crippen molar-refractivity contribution >= 4 is 11.6 Å². The molecule has 0 radical (unpaired) electrons. The van der Waals surface area contributed by atoms with Crippen molar-refractivity contribution in [2.45, 2.75) is 79.1 Å². The molecule has 156 valence electrons. The maximum Gasteiger partial charge on any atom is 0.226 e. The van der Waals surface area contributed by atoms with Gasteiger partial charge in [0.1, 0.15) is 0 Å². The molecule has 3 fully saturated rings. The van der Waals surface area contributed by atoms with Crippen LogP contribution in [0.4, 0.5) is 0 Å². The van der Waals surface area contributed by atoms with Crippen LogP contribution in [0.15, 0.2) is 16.8 Å². The first-order valence-corrected chi connectivity index (χ1v) is 11.6. The van der Waals surface area contributed by atoms with Gasteiger partial charge in [-0.2, -0.15) is 0 Å². The summed E-state index contributed by atoms with van der Waals surface area (Å²) in [5.74, 6) is 2.82. The molecule has 0 saturated heterocycles. The second kappa shape index (κ2) is 7.18. The molecule has 0 aliphatic heterocycles. The van der Waals surface area contributed by atoms with E-state index in [9.17, 15) is 10.0 Å². The molecule has 0 aromatic heterocycles. The Kier molecular flexibility index (Phi) is 5.12. The molecule has 6 atom stereocenters. The van der Waals surface area contributed by atoms with Gasteiger partial charge in [-0.25, -0.2) is 0 Å². The Morgan fingerprint density at radius 1 is 1.11 bits per heavy atom. The molecule has 4 nitrogen and oxygen atoms in total. The second-order valence-electron chi connectivity index (χ2n) is 10.3. The van der Waals surface area contributed by atoms with Crippen LogP contribution in [0, 0.1) is 34.5 Å². The van der Waals surface area contributed by atoms with Crippen molar-refractivity contribution in [3.05, 3.63) is 11.6 Å². The summed E-state index contributed by atoms with van der Waals surface area (Å²) in [7, 11) is 0. The summed E-state index contributed by atoms with van der Waals surface area (Å²) in [6.45, 7) is 10.8. The number of nitrogens with zero attached hydrogens (tertiary/aromatic N) is 2. The highest BCUT2D eigenvalue weighted by molar-refractivity contribution is 5.96. The Morgan fingerprint density at radius 3 is 2.54 bits per heavy atom. The molecule has 0 unspecified atom stereocenters. The standard InChI is InChI=1S/C24H38N2O2/c1-5-26(6-2)22(27)21-10-9-19-18-8-7-16-15-17(25-28)11-13-23(16,3)20(18)12-14-24(19,21)4/h15,18-21,28H,5-14H2,1-4H3/t18-,19-,20-,21+,23-,24-/m0/s1. The molecule has 1 N–H and O–H groups in total. The van der Waals surface area contributed by atoms with Crippen molar-refractivity contribution in [2.24, 2.45) is 39.7 Å². The number of allylic oxidation sites excluding steroid dienone is 2. The van der Waals surface area contributed by atoms with Gasteiger partial charge in [0, 0.05) is 19.0 Å². The zero-order chi connectivity index (χ0) is 20.1. The van der Waals surface area contributed by atoms with Crippen LogP contribution < -0.4 is 0 Å². The van der Waals surface area contributed by atoms with Crippen LogP contribution in [0.5, 0.6) is 0 Å². The van der Waals surface area contributed by atoms with Gasteiger partial charge in [-0.15, -0.1) is 0 Å². The van der Waals surface area contributed by atoms with E-state index in [1.165, 1.54) is 31.3 Å². The van der Waals surface area contributed by atoms with Crippen molar-refractivity contribution in [1.82, 2.24) is 4.90 Å². The van der Waals surface area contributed by atoms with Crippen LogP contribution in [-0.2, 0) is 4.79 Å². The molecule has 0 heterocycles. The SMILES string of the molecule is CCN(CC)C(=O)[C@H]1CC[C@H]2[C@@H]3CCC4=CC(=NO)CC[C@]4(C)[C@H]3CC[C@]12C. The second-order valence-corrected chi connectivity index (χ2v) is 10.3. The van der Waals surface area contributed by atoms with Crippen LogP contribution >= 0.6 is 0 Å². The first kappa shape index (κ1) is 20.0. The quantitative estimate of drug-likeness (QED) is 0.531. The molecule has 4 aliphatic rings. The molecule has 1 amide bonds. The molecule has 0 bridgehead atoms. The summed E-state index contributed by atoms with van der Waals surface area (Å²) >= 11 is 0. The zero-order valence-corrected chi connectivity index (χ0v) is 18.2. The molecule has 0 aromatic carbocycles. The predicted molar refractivity (Wildman–Crippen MR) is 112 cm³/mol. The smallest absolute Gasteiger partial charge is 0.226 e. The summed E-state index contributed by atoms with van der Waals surface area (Å²) in [4.78, 5) is 15.3. The third kappa shape index (κ3) is 2.77. The van der Waals surface area contributed by atoms with Crippen molar-refractivity contribution in [1.29, 1.82) is 0 Å². The van der Waals surface area contributed by atoms with E-state index in [0.717, 1.165) is 56.3 Å². The molecule has 4 aliphatic carbocycles. The number of hydrogen-bond acceptors (Lipinski definition) is 3. The van der Waals surface area contributed by atoms with Crippen LogP contribution in [0.3, 0.4) is 0 Å². The van der Waals surface area contributed by atoms with E-state index in [4.69, 9.17) is 0 Å². The van der Waals surface area contributed by atoms with E-state index in [1.54, 1.807) is 0 Å². The van der Waals surface area contributed by atoms with Crippen molar-refractivity contribution < 1.29 is 10.0 Å². The predicted octanol–water partition coefficient (Wildman–Crippen LogP) is 5.26. The van der Waals surface area contributed by atoms with Gasteiger partial charge in [-0.05, 0) is 99.9 Å². The number of fused-ring (bicyclic) bond motifs is 5. The highest BCUT2D eigenvalue weighted by atomic mass is 16.4. The summed E-state index contributed by atoms with van der Waals surface area (Å²) in [6.07, 6.45) is 11.3. The highest BCUT2D eigenvalue weighted by Crippen LogP contribution is 2.66. The molecule has 4 heteroatoms. The van der Waals surface area contributed by atoms with E-state index < -0.39 is 0 Å². The first-order chi connectivity index (χ1) is 13.4. The lowest BCUT2D eigenvalue weighted by molar-refractivity contribution is -0.142. The van der Waals surface area contributed by atoms with Gasteiger partial charge >= 0.3 is 0 Å². The fourth-order valence-corrected chi connectivity index (χ4v) is 7.81. The lowest BCUT2D eigenvalue weighted by atomic mass is 9.47. The van der Waals surface area contributed by atoms with Crippen LogP contribution in [0.25, 0.3) is 0 Å². The average Bonchev–Trinajstić information content (AvgIpc) is 3.05. The van der Waals surface area contributed by atoms with E-state index in [0.29, 0.717) is 11.8 Å². The Labute approximate surface area is 170 Å². The van der Waals surface area contributed by atoms with Gasteiger partial charge in [0.05, 0.1) is 5.71 Å². The van der Waals surface area contributed by atoms with Gasteiger partial charge in [0.2, 0.25) is 5.91 Å². The minimum atomic E-state index is 0.185. The zero-order valence-electron chi connectivity index (χ0n) is 18.2. The van der Waals surface area contributed by atoms with Gasteiger partial charge in [-0.3, -0.25) is 4.79 Å². The third-order valence-electron chi connectivity index (χ3n) is 9.48. The van der Waals surface area contributed by atoms with Crippen molar-refractivity contribution in [3.63, 3.8) is 0 Å². The van der Waals surface area contributed by atoms with Crippen LogP contribution in [-0.4, -0.2) is 34.8 Å². The molecule has 4 rings (SSSR count). The van der Waals surface area contributed by atoms with E-state index in [2.05, 4.69) is 43.8 Å². The molecule has 28 heavy (non-hydrogen) atoms. The summed E-state index contributed by atoms with van der Waals surface area (Å²) in [5, 5.41) is 12.7. The highest BCUT2D eigenvalue weighted by Gasteiger charge is 2.60. The lowest BCUT2D eigenvalue weighted by Gasteiger charge is -2.58. The Hall–Kier alpha value is -1.32. The number of amides is 1. The minimum absolute atomic E-state index is 0.185. The fraction of sp³-hybridized carbons (Fsp3) is 0.833. The summed E-state index contributed by atoms with van der Waals surface area (Å²) in [6, 6.07) is 0.